The second-order valence-electron chi connectivity index (χ2n) is 9.82. The number of hydrogen-bond acceptors (Lipinski definition) is 4. The Morgan fingerprint density at radius 1 is 1.14 bits per heavy atom. The summed E-state index contributed by atoms with van der Waals surface area (Å²) in [4.78, 5) is 26.3. The maximum atomic E-state index is 15.5. The van der Waals surface area contributed by atoms with Crippen LogP contribution in [-0.2, 0) is 13.0 Å². The largest absolute Gasteiger partial charge is 0.490 e. The van der Waals surface area contributed by atoms with E-state index in [-0.39, 0.29) is 33.8 Å². The highest BCUT2D eigenvalue weighted by atomic mass is 35.5. The number of anilines is 1. The summed E-state index contributed by atoms with van der Waals surface area (Å²) in [5, 5.41) is 7.06. The summed E-state index contributed by atoms with van der Waals surface area (Å²) >= 11 is 6.12. The molecule has 2 heterocycles. The van der Waals surface area contributed by atoms with Crippen LogP contribution in [-0.4, -0.2) is 26.4 Å². The molecule has 7 nitrogen and oxygen atoms in total. The first-order chi connectivity index (χ1) is 17.8. The van der Waals surface area contributed by atoms with Crippen molar-refractivity contribution in [1.82, 2.24) is 14.3 Å². The highest BCUT2D eigenvalue weighted by molar-refractivity contribution is 6.34. The van der Waals surface area contributed by atoms with Gasteiger partial charge in [-0.1, -0.05) is 30.9 Å². The van der Waals surface area contributed by atoms with Crippen LogP contribution in [0.3, 0.4) is 0 Å². The molecule has 2 aromatic carbocycles. The van der Waals surface area contributed by atoms with Crippen molar-refractivity contribution in [3.63, 3.8) is 0 Å². The van der Waals surface area contributed by atoms with Crippen molar-refractivity contribution in [3.8, 4) is 11.4 Å². The molecule has 5 rings (SSSR count). The van der Waals surface area contributed by atoms with Gasteiger partial charge in [-0.3, -0.25) is 9.36 Å². The maximum Gasteiger partial charge on any atom is 0.350 e. The summed E-state index contributed by atoms with van der Waals surface area (Å²) in [7, 11) is 0. The van der Waals surface area contributed by atoms with Gasteiger partial charge in [0.25, 0.3) is 5.91 Å². The lowest BCUT2D eigenvalue weighted by atomic mass is 9.86. The predicted molar refractivity (Wildman–Crippen MR) is 137 cm³/mol. The zero-order valence-corrected chi connectivity index (χ0v) is 21.4. The van der Waals surface area contributed by atoms with E-state index in [0.717, 1.165) is 55.3 Å². The van der Waals surface area contributed by atoms with Gasteiger partial charge < -0.3 is 10.1 Å². The van der Waals surface area contributed by atoms with Crippen molar-refractivity contribution in [2.24, 2.45) is 5.92 Å². The van der Waals surface area contributed by atoms with Gasteiger partial charge in [-0.2, -0.15) is 4.68 Å². The van der Waals surface area contributed by atoms with E-state index in [4.69, 9.17) is 16.3 Å². The number of benzene rings is 2. The van der Waals surface area contributed by atoms with Gasteiger partial charge in [-0.25, -0.2) is 13.6 Å². The Morgan fingerprint density at radius 3 is 2.68 bits per heavy atom. The Bertz CT molecular complexity index is 1380. The van der Waals surface area contributed by atoms with Gasteiger partial charge >= 0.3 is 5.69 Å². The standard InChI is InChI=1S/C27H29ClF2N4O3/c1-16(17-7-3-2-4-8-17)37-24-15-23(34-27(36)33-12-6-5-9-25(33)32-34)21(30)14-19(24)26(35)31-22-13-18(29)10-11-20(22)28/h10-11,13-17H,2-9,12H2,1H3,(H,31,35)/t16-/m0/s1. The van der Waals surface area contributed by atoms with Crippen molar-refractivity contribution in [2.75, 3.05) is 5.32 Å². The van der Waals surface area contributed by atoms with Crippen molar-refractivity contribution in [1.29, 1.82) is 0 Å². The van der Waals surface area contributed by atoms with E-state index in [9.17, 15) is 14.0 Å². The van der Waals surface area contributed by atoms with Gasteiger partial charge in [0.15, 0.2) is 0 Å². The number of carbonyl (C=O) groups is 1. The molecular weight excluding hydrogens is 502 g/mol. The molecule has 1 fully saturated rings. The molecule has 1 aromatic heterocycles. The number of amides is 1. The SMILES string of the molecule is C[C@H](Oc1cc(-n2nc3n(c2=O)CCCC3)c(F)cc1C(=O)Nc1cc(F)ccc1Cl)C1CCCCC1. The fourth-order valence-corrected chi connectivity index (χ4v) is 5.38. The number of rotatable bonds is 6. The number of aryl methyl sites for hydroxylation is 1. The number of nitrogens with zero attached hydrogens (tertiary/aromatic N) is 3. The molecule has 10 heteroatoms. The van der Waals surface area contributed by atoms with Crippen LogP contribution in [0.15, 0.2) is 35.1 Å². The molecule has 0 radical (unpaired) electrons. The second kappa shape index (κ2) is 10.7. The molecule has 1 aliphatic heterocycles. The third-order valence-corrected chi connectivity index (χ3v) is 7.63. The van der Waals surface area contributed by atoms with Crippen LogP contribution in [0.5, 0.6) is 5.75 Å². The highest BCUT2D eigenvalue weighted by Crippen LogP contribution is 2.33. The molecule has 1 N–H and O–H groups in total. The Hall–Kier alpha value is -3.20. The Kier molecular flexibility index (Phi) is 7.33. The summed E-state index contributed by atoms with van der Waals surface area (Å²) in [6.45, 7) is 2.47. The van der Waals surface area contributed by atoms with Gasteiger partial charge in [0.05, 0.1) is 22.4 Å². The lowest BCUT2D eigenvalue weighted by Crippen LogP contribution is -2.28. The first-order valence-electron chi connectivity index (χ1n) is 12.8. The van der Waals surface area contributed by atoms with E-state index >= 15 is 4.39 Å². The molecule has 1 atom stereocenters. The van der Waals surface area contributed by atoms with Gasteiger partial charge in [-0.05, 0) is 62.8 Å². The van der Waals surface area contributed by atoms with Crippen molar-refractivity contribution in [3.05, 3.63) is 68.9 Å². The quantitative estimate of drug-likeness (QED) is 0.430. The summed E-state index contributed by atoms with van der Waals surface area (Å²) < 4.78 is 38.1. The number of fused-ring (bicyclic) bond motifs is 1. The van der Waals surface area contributed by atoms with E-state index in [1.807, 2.05) is 6.92 Å². The Labute approximate surface area is 218 Å². The van der Waals surface area contributed by atoms with Crippen molar-refractivity contribution in [2.45, 2.75) is 70.9 Å². The molecule has 1 saturated carbocycles. The number of nitrogens with one attached hydrogen (secondary N) is 1. The second-order valence-corrected chi connectivity index (χ2v) is 10.2. The molecule has 196 valence electrons. The number of halogens is 3. The summed E-state index contributed by atoms with van der Waals surface area (Å²) in [6.07, 6.45) is 7.56. The fraction of sp³-hybridized carbons (Fsp3) is 0.444. The summed E-state index contributed by atoms with van der Waals surface area (Å²) in [5.74, 6) is -1.06. The highest BCUT2D eigenvalue weighted by Gasteiger charge is 2.27. The lowest BCUT2D eigenvalue weighted by Gasteiger charge is -2.29. The first-order valence-corrected chi connectivity index (χ1v) is 13.2. The van der Waals surface area contributed by atoms with Crippen molar-refractivity contribution >= 4 is 23.2 Å². The zero-order valence-electron chi connectivity index (χ0n) is 20.6. The molecule has 0 spiro atoms. The molecule has 1 amide bonds. The Balaban J connectivity index is 1.54. The fourth-order valence-electron chi connectivity index (χ4n) is 5.22. The average Bonchev–Trinajstić information content (AvgIpc) is 3.23. The molecule has 1 aliphatic carbocycles. The minimum Gasteiger partial charge on any atom is -0.490 e. The van der Waals surface area contributed by atoms with Gasteiger partial charge in [0.2, 0.25) is 0 Å². The normalized spacial score (nSPS) is 16.8. The van der Waals surface area contributed by atoms with Crippen LogP contribution < -0.4 is 15.7 Å². The van der Waals surface area contributed by atoms with E-state index in [0.29, 0.717) is 24.7 Å². The van der Waals surface area contributed by atoms with E-state index < -0.39 is 23.2 Å². The van der Waals surface area contributed by atoms with E-state index in [1.165, 1.54) is 24.6 Å². The predicted octanol–water partition coefficient (Wildman–Crippen LogP) is 5.90. The van der Waals surface area contributed by atoms with Crippen LogP contribution in [0.2, 0.25) is 5.02 Å². The maximum absolute atomic E-state index is 15.5. The number of carbonyl (C=O) groups excluding carboxylic acids is 1. The zero-order chi connectivity index (χ0) is 26.1. The molecule has 0 saturated heterocycles. The van der Waals surface area contributed by atoms with Gasteiger partial charge in [0, 0.05) is 19.0 Å². The minimum atomic E-state index is -0.800. The number of ether oxygens (including phenoxy) is 1. The number of hydrogen-bond donors (Lipinski definition) is 1. The van der Waals surface area contributed by atoms with Crippen LogP contribution in [0, 0.1) is 17.6 Å². The van der Waals surface area contributed by atoms with E-state index in [1.54, 1.807) is 4.57 Å². The van der Waals surface area contributed by atoms with Crippen LogP contribution in [0.1, 0.15) is 68.1 Å². The molecule has 3 aromatic rings. The smallest absolute Gasteiger partial charge is 0.350 e. The molecule has 2 aliphatic rings. The third kappa shape index (κ3) is 5.28. The van der Waals surface area contributed by atoms with Crippen LogP contribution >= 0.6 is 11.6 Å². The monoisotopic (exact) mass is 530 g/mol. The third-order valence-electron chi connectivity index (χ3n) is 7.30. The summed E-state index contributed by atoms with van der Waals surface area (Å²) in [6, 6.07) is 5.98. The molecule has 37 heavy (non-hydrogen) atoms. The summed E-state index contributed by atoms with van der Waals surface area (Å²) in [5.41, 5.74) is -0.539. The van der Waals surface area contributed by atoms with Gasteiger partial charge in [-0.15, -0.1) is 5.10 Å². The first kappa shape index (κ1) is 25.4. The van der Waals surface area contributed by atoms with Crippen molar-refractivity contribution < 1.29 is 18.3 Å². The molecule has 0 unspecified atom stereocenters. The van der Waals surface area contributed by atoms with Crippen LogP contribution in [0.25, 0.3) is 5.69 Å². The minimum absolute atomic E-state index is 0.0560. The molecule has 0 bridgehead atoms. The average molecular weight is 531 g/mol. The Morgan fingerprint density at radius 2 is 1.92 bits per heavy atom. The molecular formula is C27H29ClF2N4O3. The topological polar surface area (TPSA) is 78.2 Å². The number of aromatic nitrogens is 3. The van der Waals surface area contributed by atoms with E-state index in [2.05, 4.69) is 10.4 Å². The van der Waals surface area contributed by atoms with Gasteiger partial charge in [0.1, 0.15) is 28.9 Å². The van der Waals surface area contributed by atoms with Crippen LogP contribution in [0.4, 0.5) is 14.5 Å². The lowest BCUT2D eigenvalue weighted by molar-refractivity contribution is 0.0997.